The summed E-state index contributed by atoms with van der Waals surface area (Å²) >= 11 is 1.60. The van der Waals surface area contributed by atoms with E-state index in [9.17, 15) is 8.68 Å². The summed E-state index contributed by atoms with van der Waals surface area (Å²) in [4.78, 5) is 16.1. The quantitative estimate of drug-likeness (QED) is 0.751. The average molecular weight is 310 g/mol. The molecule has 0 aliphatic rings. The van der Waals surface area contributed by atoms with Crippen LogP contribution < -0.4 is 0 Å². The predicted octanol–water partition coefficient (Wildman–Crippen LogP) is 3.57. The van der Waals surface area contributed by atoms with Crippen LogP contribution in [0.4, 0.5) is 3.89 Å². The zero-order chi connectivity index (χ0) is 14.5. The summed E-state index contributed by atoms with van der Waals surface area (Å²) in [6.45, 7) is 0. The van der Waals surface area contributed by atoms with Gasteiger partial charge in [-0.2, -0.15) is 0 Å². The largest absolute Gasteiger partial charge is 0.400 e. The Labute approximate surface area is 123 Å². The average Bonchev–Trinajstić information content (AvgIpc) is 3.17. The lowest BCUT2D eigenvalue weighted by atomic mass is 10.1. The molecule has 1 N–H and O–H groups in total. The topological polar surface area (TPSA) is 55.1 Å². The van der Waals surface area contributed by atoms with E-state index in [2.05, 4.69) is 4.98 Å². The Balaban J connectivity index is 0.000000704. The minimum Gasteiger partial charge on any atom is -0.400 e. The lowest BCUT2D eigenvalue weighted by Crippen LogP contribution is -1.86. The molecule has 0 aliphatic heterocycles. The lowest BCUT2D eigenvalue weighted by Gasteiger charge is -2.03. The van der Waals surface area contributed by atoms with Gasteiger partial charge >= 0.3 is 0 Å². The zero-order valence-corrected chi connectivity index (χ0v) is 12.1. The van der Waals surface area contributed by atoms with Gasteiger partial charge in [0, 0.05) is 30.5 Å². The van der Waals surface area contributed by atoms with Gasteiger partial charge in [0.25, 0.3) is 0 Å². The number of rotatable bonds is 3. The van der Waals surface area contributed by atoms with Crippen molar-refractivity contribution in [1.82, 2.24) is 8.96 Å². The normalized spacial score (nSPS) is 10.2. The number of carbonyl (C=O) groups is 1. The second-order valence-electron chi connectivity index (χ2n) is 3.69. The summed E-state index contributed by atoms with van der Waals surface area (Å²) in [7, 11) is 1.00. The van der Waals surface area contributed by atoms with E-state index in [0.717, 1.165) is 29.2 Å². The highest BCUT2D eigenvalue weighted by molar-refractivity contribution is 7.92. The number of benzene rings is 1. The van der Waals surface area contributed by atoms with Gasteiger partial charge in [-0.25, -0.2) is 0 Å². The highest BCUT2D eigenvalue weighted by Crippen LogP contribution is 2.31. The summed E-state index contributed by atoms with van der Waals surface area (Å²) in [6, 6.07) is 5.40. The van der Waals surface area contributed by atoms with Crippen molar-refractivity contribution < 1.29 is 13.8 Å². The third kappa shape index (κ3) is 2.60. The molecule has 3 rings (SSSR count). The van der Waals surface area contributed by atoms with Crippen molar-refractivity contribution in [3.05, 3.63) is 41.7 Å². The Morgan fingerprint density at radius 3 is 2.85 bits per heavy atom. The third-order valence-electron chi connectivity index (χ3n) is 2.72. The van der Waals surface area contributed by atoms with E-state index in [1.54, 1.807) is 30.0 Å². The first-order chi connectivity index (χ1) is 9.83. The maximum Gasteiger partial charge on any atom is 0.169 e. The van der Waals surface area contributed by atoms with Crippen LogP contribution in [0.2, 0.25) is 0 Å². The maximum absolute atomic E-state index is 12.8. The van der Waals surface area contributed by atoms with E-state index < -0.39 is 0 Å². The van der Waals surface area contributed by atoms with E-state index >= 15 is 0 Å². The van der Waals surface area contributed by atoms with Gasteiger partial charge in [-0.15, -0.1) is 15.2 Å². The Kier molecular flexibility index (Phi) is 4.89. The molecule has 0 saturated carbocycles. The molecular formula is C13H11FN2O2S2. The molecule has 0 bridgehead atoms. The van der Waals surface area contributed by atoms with Crippen molar-refractivity contribution in [2.45, 2.75) is 0 Å². The van der Waals surface area contributed by atoms with Crippen molar-refractivity contribution in [3.8, 4) is 10.4 Å². The van der Waals surface area contributed by atoms with Crippen molar-refractivity contribution in [2.75, 3.05) is 7.11 Å². The van der Waals surface area contributed by atoms with Gasteiger partial charge in [0.15, 0.2) is 18.6 Å². The minimum atomic E-state index is 0.119. The zero-order valence-electron chi connectivity index (χ0n) is 10.5. The molecule has 4 nitrogen and oxygen atoms in total. The van der Waals surface area contributed by atoms with Crippen LogP contribution in [0.25, 0.3) is 21.3 Å². The summed E-state index contributed by atoms with van der Waals surface area (Å²) in [6.07, 6.45) is 4.13. The fourth-order valence-electron chi connectivity index (χ4n) is 1.90. The molecule has 0 aliphatic carbocycles. The first kappa shape index (κ1) is 14.7. The molecule has 1 aromatic carbocycles. The Bertz CT molecular complexity index is 711. The van der Waals surface area contributed by atoms with Crippen molar-refractivity contribution in [1.29, 1.82) is 0 Å². The molecule has 0 saturated heterocycles. The van der Waals surface area contributed by atoms with Crippen molar-refractivity contribution >= 4 is 40.9 Å². The van der Waals surface area contributed by atoms with Gasteiger partial charge in [0.2, 0.25) is 0 Å². The number of halogens is 1. The van der Waals surface area contributed by atoms with Crippen LogP contribution in [0, 0.1) is 0 Å². The maximum atomic E-state index is 12.8. The number of fused-ring (bicyclic) bond motifs is 1. The monoisotopic (exact) mass is 310 g/mol. The molecular weight excluding hydrogens is 299 g/mol. The fraction of sp³-hybridized carbons (Fsp3) is 0.0769. The number of aromatic nitrogens is 2. The molecule has 7 heteroatoms. The predicted molar refractivity (Wildman–Crippen MR) is 80.7 cm³/mol. The number of carbonyl (C=O) groups excluding carboxylic acids is 1. The van der Waals surface area contributed by atoms with Crippen molar-refractivity contribution in [2.24, 2.45) is 0 Å². The first-order valence-electron chi connectivity index (χ1n) is 5.56. The van der Waals surface area contributed by atoms with Crippen molar-refractivity contribution in [3.63, 3.8) is 0 Å². The van der Waals surface area contributed by atoms with Crippen LogP contribution in [0.5, 0.6) is 0 Å². The second kappa shape index (κ2) is 6.65. The van der Waals surface area contributed by atoms with E-state index in [-0.39, 0.29) is 12.3 Å². The molecule has 0 spiro atoms. The van der Waals surface area contributed by atoms with E-state index in [1.807, 2.05) is 6.07 Å². The molecule has 3 aromatic rings. The molecule has 2 aromatic heterocycles. The summed E-state index contributed by atoms with van der Waals surface area (Å²) in [5, 5.41) is 7.75. The van der Waals surface area contributed by atoms with Gasteiger partial charge in [-0.1, -0.05) is 0 Å². The third-order valence-corrected chi connectivity index (χ3v) is 4.01. The minimum absolute atomic E-state index is 0.119. The van der Waals surface area contributed by atoms with Gasteiger partial charge in [-0.05, 0) is 23.8 Å². The van der Waals surface area contributed by atoms with Gasteiger partial charge in [0.1, 0.15) is 0 Å². The Hall–Kier alpha value is -1.70. The van der Waals surface area contributed by atoms with Crippen LogP contribution in [-0.2, 0) is 0 Å². The van der Waals surface area contributed by atoms with Crippen LogP contribution in [0.15, 0.2) is 36.1 Å². The number of hydrogen-bond donors (Lipinski definition) is 1. The lowest BCUT2D eigenvalue weighted by molar-refractivity contribution is 0.112. The highest BCUT2D eigenvalue weighted by atomic mass is 32.2. The van der Waals surface area contributed by atoms with E-state index in [1.165, 1.54) is 15.3 Å². The first-order valence-corrected chi connectivity index (χ1v) is 7.12. The van der Waals surface area contributed by atoms with Gasteiger partial charge in [-0.3, -0.25) is 13.8 Å². The highest BCUT2D eigenvalue weighted by Gasteiger charge is 2.10. The van der Waals surface area contributed by atoms with Crippen LogP contribution in [0.1, 0.15) is 10.4 Å². The summed E-state index contributed by atoms with van der Waals surface area (Å²) < 4.78 is 14.2. The van der Waals surface area contributed by atoms with E-state index in [4.69, 9.17) is 5.11 Å². The smallest absolute Gasteiger partial charge is 0.169 e. The summed E-state index contributed by atoms with van der Waals surface area (Å²) in [5.41, 5.74) is 3.85. The number of hydrogen-bond acceptors (Lipinski definition) is 5. The van der Waals surface area contributed by atoms with Crippen LogP contribution in [0.3, 0.4) is 0 Å². The Morgan fingerprint density at radius 2 is 2.25 bits per heavy atom. The molecule has 104 valence electrons. The number of aldehydes is 1. The van der Waals surface area contributed by atoms with Gasteiger partial charge in [0.05, 0.1) is 15.9 Å². The molecule has 0 atom stereocenters. The number of thiazole rings is 1. The van der Waals surface area contributed by atoms with Crippen LogP contribution in [-0.4, -0.2) is 27.5 Å². The number of nitrogens with zero attached hydrogens (tertiary/aromatic N) is 2. The van der Waals surface area contributed by atoms with E-state index in [0.29, 0.717) is 11.1 Å². The number of aliphatic hydroxyl groups excluding tert-OH is 1. The molecule has 20 heavy (non-hydrogen) atoms. The summed E-state index contributed by atoms with van der Waals surface area (Å²) in [5.74, 6) is 0. The van der Waals surface area contributed by atoms with Gasteiger partial charge < -0.3 is 5.11 Å². The van der Waals surface area contributed by atoms with Crippen LogP contribution >= 0.6 is 23.7 Å². The molecule has 2 heterocycles. The Morgan fingerprint density at radius 1 is 1.45 bits per heavy atom. The SMILES string of the molecule is CO.O=Cc1cc(-c2cncs2)cc2c1ccn2SF. The fourth-order valence-corrected chi connectivity index (χ4v) is 2.85. The molecule has 0 amide bonds. The number of aliphatic hydroxyl groups is 1. The molecule has 0 unspecified atom stereocenters. The molecule has 0 radical (unpaired) electrons. The standard InChI is InChI=1S/C12H7FN2OS2.CH4O/c13-18-15-2-1-10-9(6-16)3-8(4-11(10)15)12-5-14-7-17-12;1-2/h1-7H;2H,1H3. The second-order valence-corrected chi connectivity index (χ2v) is 5.11. The molecule has 0 fully saturated rings.